The second-order valence-corrected chi connectivity index (χ2v) is 9.99. The van der Waals surface area contributed by atoms with Crippen molar-refractivity contribution in [1.82, 2.24) is 9.80 Å². The lowest BCUT2D eigenvalue weighted by molar-refractivity contribution is -0.157. The summed E-state index contributed by atoms with van der Waals surface area (Å²) < 4.78 is 13.8. The molecule has 4 aliphatic rings. The van der Waals surface area contributed by atoms with Crippen LogP contribution in [-0.4, -0.2) is 52.3 Å². The average Bonchev–Trinajstić information content (AvgIpc) is 3.18. The lowest BCUT2D eigenvalue weighted by atomic mass is 9.70. The molecule has 2 amide bonds. The Morgan fingerprint density at radius 1 is 1.17 bits per heavy atom. The fraction of sp³-hybridized carbons (Fsp3) is 0.667. The number of carbonyl (C=O) groups is 2. The first kappa shape index (κ1) is 20.0. The van der Waals surface area contributed by atoms with Gasteiger partial charge in [-0.05, 0) is 68.1 Å². The second-order valence-electron chi connectivity index (χ2n) is 9.99. The number of rotatable bonds is 3. The Balaban J connectivity index is 1.43. The number of carbonyl (C=O) groups excluding carboxylic acids is 2. The SMILES string of the molecule is NC1(C(=O)N2C[C@H]3C[C@@H](C2)[C@H](Cc2cccc(F)c2)N2C(=O)CCC[C@@H]32)CCCC1. The molecule has 5 rings (SSSR count). The van der Waals surface area contributed by atoms with Crippen molar-refractivity contribution >= 4 is 11.8 Å². The van der Waals surface area contributed by atoms with Gasteiger partial charge in [0.25, 0.3) is 0 Å². The van der Waals surface area contributed by atoms with Gasteiger partial charge in [-0.15, -0.1) is 0 Å². The van der Waals surface area contributed by atoms with Crippen LogP contribution in [0.15, 0.2) is 24.3 Å². The van der Waals surface area contributed by atoms with E-state index in [0.717, 1.165) is 57.1 Å². The number of hydrogen-bond acceptors (Lipinski definition) is 3. The van der Waals surface area contributed by atoms with Crippen LogP contribution in [0, 0.1) is 17.7 Å². The van der Waals surface area contributed by atoms with Crippen LogP contribution in [-0.2, 0) is 16.0 Å². The predicted molar refractivity (Wildman–Crippen MR) is 112 cm³/mol. The van der Waals surface area contributed by atoms with E-state index in [1.165, 1.54) is 6.07 Å². The summed E-state index contributed by atoms with van der Waals surface area (Å²) in [5.41, 5.74) is 6.73. The summed E-state index contributed by atoms with van der Waals surface area (Å²) in [5.74, 6) is 0.641. The van der Waals surface area contributed by atoms with Gasteiger partial charge in [-0.2, -0.15) is 0 Å². The number of nitrogens with zero attached hydrogens (tertiary/aromatic N) is 2. The molecule has 5 nitrogen and oxygen atoms in total. The third-order valence-corrected chi connectivity index (χ3v) is 8.04. The maximum atomic E-state index is 13.8. The Labute approximate surface area is 177 Å². The fourth-order valence-electron chi connectivity index (χ4n) is 6.64. The van der Waals surface area contributed by atoms with Crippen LogP contribution < -0.4 is 5.73 Å². The first-order valence-corrected chi connectivity index (χ1v) is 11.6. The predicted octanol–water partition coefficient (Wildman–Crippen LogP) is 2.87. The van der Waals surface area contributed by atoms with Crippen molar-refractivity contribution in [2.24, 2.45) is 17.6 Å². The number of nitrogens with two attached hydrogens (primary N) is 1. The molecular weight excluding hydrogens is 381 g/mol. The van der Waals surface area contributed by atoms with Crippen LogP contribution in [0.25, 0.3) is 0 Å². The van der Waals surface area contributed by atoms with Gasteiger partial charge >= 0.3 is 0 Å². The summed E-state index contributed by atoms with van der Waals surface area (Å²) in [7, 11) is 0. The molecule has 1 aromatic rings. The summed E-state index contributed by atoms with van der Waals surface area (Å²) in [5, 5.41) is 0. The molecule has 1 saturated carbocycles. The van der Waals surface area contributed by atoms with Gasteiger partial charge in [0, 0.05) is 31.6 Å². The molecule has 1 aromatic carbocycles. The largest absolute Gasteiger partial charge is 0.340 e. The maximum Gasteiger partial charge on any atom is 0.242 e. The van der Waals surface area contributed by atoms with E-state index in [0.29, 0.717) is 25.3 Å². The first-order valence-electron chi connectivity index (χ1n) is 11.6. The zero-order valence-electron chi connectivity index (χ0n) is 17.6. The topological polar surface area (TPSA) is 66.6 Å². The molecule has 0 spiro atoms. The molecule has 6 heteroatoms. The molecule has 4 atom stereocenters. The summed E-state index contributed by atoms with van der Waals surface area (Å²) in [6.45, 7) is 1.38. The van der Waals surface area contributed by atoms with E-state index < -0.39 is 5.54 Å². The monoisotopic (exact) mass is 413 g/mol. The van der Waals surface area contributed by atoms with Crippen LogP contribution >= 0.6 is 0 Å². The number of likely N-dealkylation sites (tertiary alicyclic amines) is 1. The Bertz CT molecular complexity index is 837. The lowest BCUT2D eigenvalue weighted by Gasteiger charge is -2.57. The van der Waals surface area contributed by atoms with Crippen LogP contribution in [0.3, 0.4) is 0 Å². The maximum absolute atomic E-state index is 13.8. The summed E-state index contributed by atoms with van der Waals surface area (Å²) in [6.07, 6.45) is 7.80. The standard InChI is InChI=1S/C24H32FN3O2/c25-19-6-3-5-16(11-19)12-21-18-13-17(20-7-4-8-22(29)28(20)21)14-27(15-18)23(30)24(26)9-1-2-10-24/h3,5-6,11,17-18,20-21H,1-2,4,7-10,12-15,26H2/t17-,18+,20+,21+/m1/s1. The van der Waals surface area contributed by atoms with Crippen molar-refractivity contribution in [3.05, 3.63) is 35.6 Å². The van der Waals surface area contributed by atoms with Crippen LogP contribution in [0.1, 0.15) is 56.9 Å². The molecular formula is C24H32FN3O2. The van der Waals surface area contributed by atoms with E-state index in [2.05, 4.69) is 4.90 Å². The van der Waals surface area contributed by atoms with Crippen molar-refractivity contribution in [3.63, 3.8) is 0 Å². The molecule has 0 unspecified atom stereocenters. The smallest absolute Gasteiger partial charge is 0.242 e. The van der Waals surface area contributed by atoms with Gasteiger partial charge in [0.1, 0.15) is 5.82 Å². The molecule has 3 heterocycles. The third-order valence-electron chi connectivity index (χ3n) is 8.04. The van der Waals surface area contributed by atoms with Gasteiger partial charge in [-0.25, -0.2) is 4.39 Å². The quantitative estimate of drug-likeness (QED) is 0.829. The Kier molecular flexibility index (Phi) is 5.08. The number of halogens is 1. The minimum Gasteiger partial charge on any atom is -0.340 e. The average molecular weight is 414 g/mol. The van der Waals surface area contributed by atoms with Gasteiger partial charge in [0.15, 0.2) is 0 Å². The highest BCUT2D eigenvalue weighted by Crippen LogP contribution is 2.43. The first-order chi connectivity index (χ1) is 14.4. The molecule has 1 aliphatic carbocycles. The van der Waals surface area contributed by atoms with Gasteiger partial charge in [0.05, 0.1) is 5.54 Å². The highest BCUT2D eigenvalue weighted by molar-refractivity contribution is 5.86. The normalized spacial score (nSPS) is 32.8. The van der Waals surface area contributed by atoms with E-state index in [1.807, 2.05) is 11.0 Å². The van der Waals surface area contributed by atoms with Crippen LogP contribution in [0.4, 0.5) is 4.39 Å². The van der Waals surface area contributed by atoms with Crippen molar-refractivity contribution in [2.45, 2.75) is 75.4 Å². The number of hydrogen-bond donors (Lipinski definition) is 1. The highest BCUT2D eigenvalue weighted by atomic mass is 19.1. The number of piperidine rings is 3. The summed E-state index contributed by atoms with van der Waals surface area (Å²) in [4.78, 5) is 30.5. The molecule has 3 saturated heterocycles. The summed E-state index contributed by atoms with van der Waals surface area (Å²) in [6, 6.07) is 6.92. The van der Waals surface area contributed by atoms with Gasteiger partial charge in [0.2, 0.25) is 11.8 Å². The molecule has 0 aromatic heterocycles. The van der Waals surface area contributed by atoms with Crippen molar-refractivity contribution < 1.29 is 14.0 Å². The van der Waals surface area contributed by atoms with E-state index >= 15 is 0 Å². The molecule has 2 N–H and O–H groups in total. The van der Waals surface area contributed by atoms with Crippen molar-refractivity contribution in [1.29, 1.82) is 0 Å². The van der Waals surface area contributed by atoms with E-state index in [9.17, 15) is 14.0 Å². The molecule has 3 aliphatic heterocycles. The molecule has 30 heavy (non-hydrogen) atoms. The van der Waals surface area contributed by atoms with Crippen molar-refractivity contribution in [2.75, 3.05) is 13.1 Å². The van der Waals surface area contributed by atoms with Crippen LogP contribution in [0.5, 0.6) is 0 Å². The fourth-order valence-corrected chi connectivity index (χ4v) is 6.64. The lowest BCUT2D eigenvalue weighted by Crippen LogP contribution is -2.67. The van der Waals surface area contributed by atoms with E-state index in [4.69, 9.17) is 5.73 Å². The zero-order chi connectivity index (χ0) is 20.9. The Morgan fingerprint density at radius 2 is 1.93 bits per heavy atom. The number of fused-ring (bicyclic) bond motifs is 4. The zero-order valence-corrected chi connectivity index (χ0v) is 17.6. The highest BCUT2D eigenvalue weighted by Gasteiger charge is 2.51. The number of amides is 2. The summed E-state index contributed by atoms with van der Waals surface area (Å²) >= 11 is 0. The van der Waals surface area contributed by atoms with Crippen LogP contribution in [0.2, 0.25) is 0 Å². The Hall–Kier alpha value is -1.95. The minimum atomic E-state index is -0.703. The van der Waals surface area contributed by atoms with Gasteiger partial charge in [-0.3, -0.25) is 9.59 Å². The molecule has 4 fully saturated rings. The molecule has 2 bridgehead atoms. The Morgan fingerprint density at radius 3 is 2.70 bits per heavy atom. The minimum absolute atomic E-state index is 0.0220. The van der Waals surface area contributed by atoms with Crippen molar-refractivity contribution in [3.8, 4) is 0 Å². The second kappa shape index (κ2) is 7.63. The van der Waals surface area contributed by atoms with Gasteiger partial charge < -0.3 is 15.5 Å². The molecule has 162 valence electrons. The van der Waals surface area contributed by atoms with E-state index in [1.54, 1.807) is 12.1 Å². The van der Waals surface area contributed by atoms with Gasteiger partial charge in [-0.1, -0.05) is 25.0 Å². The third kappa shape index (κ3) is 3.43. The molecule has 0 radical (unpaired) electrons. The number of benzene rings is 1. The van der Waals surface area contributed by atoms with E-state index in [-0.39, 0.29) is 35.6 Å².